The van der Waals surface area contributed by atoms with E-state index in [1.807, 2.05) is 19.9 Å². The highest BCUT2D eigenvalue weighted by Gasteiger charge is 2.57. The van der Waals surface area contributed by atoms with Crippen molar-refractivity contribution in [3.63, 3.8) is 0 Å². The topological polar surface area (TPSA) is 304 Å². The van der Waals surface area contributed by atoms with E-state index in [0.717, 1.165) is 10.5 Å². The molecule has 3 fully saturated rings. The van der Waals surface area contributed by atoms with Crippen LogP contribution in [0.1, 0.15) is 121 Å². The number of phenolic OH excluding ortho intramolecular Hbond substituents is 1. The minimum Gasteiger partial charge on any atom is -0.507 e. The number of ether oxygens (including phenoxy) is 6. The van der Waals surface area contributed by atoms with Crippen molar-refractivity contribution in [2.24, 2.45) is 29.6 Å². The van der Waals surface area contributed by atoms with Crippen LogP contribution in [0, 0.1) is 29.6 Å². The summed E-state index contributed by atoms with van der Waals surface area (Å²) in [5.41, 5.74) is 2.26. The zero-order valence-electron chi connectivity index (χ0n) is 50.2. The van der Waals surface area contributed by atoms with E-state index in [4.69, 9.17) is 32.8 Å². The Kier molecular flexibility index (Phi) is 21.5. The number of methoxy groups -OCH3 is 3. The number of aromatic hydroxyl groups is 1. The van der Waals surface area contributed by atoms with E-state index in [9.17, 15) is 59.1 Å². The first-order chi connectivity index (χ1) is 41.0. The number of alkyl carbamates (subject to hydrolysis) is 1. The number of benzene rings is 3. The van der Waals surface area contributed by atoms with Crippen LogP contribution in [0.25, 0.3) is 33.4 Å². The molecule has 2 amide bonds. The normalized spacial score (nSPS) is 31.1. The number of cyclic esters (lactones) is 1. The summed E-state index contributed by atoms with van der Waals surface area (Å²) in [5.74, 6) is -10.7. The third-order valence-corrected chi connectivity index (χ3v) is 17.9. The van der Waals surface area contributed by atoms with Gasteiger partial charge in [0.25, 0.3) is 11.7 Å². The first-order valence-corrected chi connectivity index (χ1v) is 29.7. The van der Waals surface area contributed by atoms with Crippen LogP contribution >= 0.6 is 0 Å². The number of esters is 1. The second kappa shape index (κ2) is 28.3. The number of Topliss-reactive ketones (excluding diaryl/α,β-unsaturated/α-hetero) is 2. The molecule has 8 rings (SSSR count). The third-order valence-electron chi connectivity index (χ3n) is 17.9. The second-order valence-corrected chi connectivity index (χ2v) is 24.0. The first-order valence-electron chi connectivity index (χ1n) is 29.7. The van der Waals surface area contributed by atoms with Crippen LogP contribution < -0.4 is 10.7 Å². The Morgan fingerprint density at radius 1 is 0.849 bits per heavy atom. The summed E-state index contributed by atoms with van der Waals surface area (Å²) < 4.78 is 42.0. The van der Waals surface area contributed by atoms with Gasteiger partial charge in [0.2, 0.25) is 5.79 Å². The molecular weight excluding hydrogens is 1110 g/mol. The van der Waals surface area contributed by atoms with Crippen LogP contribution in [0.5, 0.6) is 5.75 Å². The molecule has 3 unspecified atom stereocenters. The van der Waals surface area contributed by atoms with E-state index < -0.39 is 114 Å². The maximum absolute atomic E-state index is 14.8. The molecule has 2 aliphatic carbocycles. The largest absolute Gasteiger partial charge is 0.507 e. The number of aliphatic hydroxyl groups excluding tert-OH is 2. The molecule has 21 nitrogen and oxygen atoms in total. The molecular formula is C65H82N2O19. The number of allylic oxidation sites excluding steroid dienone is 3. The molecule has 0 spiro atoms. The van der Waals surface area contributed by atoms with E-state index in [0.29, 0.717) is 72.6 Å². The van der Waals surface area contributed by atoms with Gasteiger partial charge in [-0.25, -0.2) is 14.4 Å². The lowest BCUT2D eigenvalue weighted by atomic mass is 9.81. The van der Waals surface area contributed by atoms with Crippen molar-refractivity contribution in [2.75, 3.05) is 34.5 Å². The van der Waals surface area contributed by atoms with E-state index in [2.05, 4.69) is 5.32 Å². The number of hydrogen-bond donors (Lipinski definition) is 6. The van der Waals surface area contributed by atoms with Crippen LogP contribution in [0.2, 0.25) is 0 Å². The highest BCUT2D eigenvalue weighted by atomic mass is 16.7. The Morgan fingerprint density at radius 3 is 2.29 bits per heavy atom. The summed E-state index contributed by atoms with van der Waals surface area (Å²) in [6, 6.07) is 12.1. The molecule has 2 saturated heterocycles. The molecule has 21 heteroatoms. The van der Waals surface area contributed by atoms with E-state index in [1.54, 1.807) is 51.1 Å². The Balaban J connectivity index is 1.08. The minimum absolute atomic E-state index is 0.00601. The van der Waals surface area contributed by atoms with E-state index in [1.165, 1.54) is 51.7 Å². The predicted molar refractivity (Wildman–Crippen MR) is 314 cm³/mol. The fraction of sp³-hybridized carbons (Fsp3) is 0.554. The van der Waals surface area contributed by atoms with Crippen molar-refractivity contribution >= 4 is 46.5 Å². The van der Waals surface area contributed by atoms with Gasteiger partial charge in [0, 0.05) is 74.6 Å². The molecule has 6 aliphatic rings. The van der Waals surface area contributed by atoms with Crippen LogP contribution in [-0.4, -0.2) is 155 Å². The number of carbonyl (C=O) groups is 6. The third kappa shape index (κ3) is 14.4. The van der Waals surface area contributed by atoms with Crippen LogP contribution in [0.4, 0.5) is 4.79 Å². The number of fused-ring (bicyclic) bond motifs is 5. The lowest BCUT2D eigenvalue weighted by Crippen LogP contribution is -2.64. The van der Waals surface area contributed by atoms with Crippen LogP contribution in [0.3, 0.4) is 0 Å². The van der Waals surface area contributed by atoms with Crippen molar-refractivity contribution < 1.29 is 87.1 Å². The van der Waals surface area contributed by atoms with Crippen molar-refractivity contribution in [2.45, 2.75) is 166 Å². The molecule has 466 valence electrons. The number of piperidine rings is 1. The van der Waals surface area contributed by atoms with Crippen LogP contribution in [0.15, 0.2) is 87.1 Å². The Labute approximate surface area is 499 Å². The number of aliphatic hydroxyl groups is 3. The number of aromatic carboxylic acids is 1. The van der Waals surface area contributed by atoms with Gasteiger partial charge < -0.3 is 68.6 Å². The van der Waals surface area contributed by atoms with Crippen molar-refractivity contribution in [1.82, 2.24) is 10.2 Å². The molecule has 4 heterocycles. The van der Waals surface area contributed by atoms with Gasteiger partial charge in [0.05, 0.1) is 54.8 Å². The molecule has 6 N–H and O–H groups in total. The highest BCUT2D eigenvalue weighted by molar-refractivity contribution is 6.39. The van der Waals surface area contributed by atoms with Gasteiger partial charge in [-0.3, -0.25) is 19.2 Å². The summed E-state index contributed by atoms with van der Waals surface area (Å²) in [6.07, 6.45) is -0.441. The maximum atomic E-state index is 14.8. The fourth-order valence-electron chi connectivity index (χ4n) is 13.1. The number of carboxylic acids is 1. The van der Waals surface area contributed by atoms with Crippen molar-refractivity contribution in [1.29, 1.82) is 0 Å². The number of carboxylic acid groups (broad SMARTS) is 1. The summed E-state index contributed by atoms with van der Waals surface area (Å²) in [4.78, 5) is 98.2. The number of nitrogens with one attached hydrogen (secondary N) is 1. The summed E-state index contributed by atoms with van der Waals surface area (Å²) in [7, 11) is 4.47. The highest BCUT2D eigenvalue weighted by Crippen LogP contribution is 2.44. The average molecular weight is 1200 g/mol. The number of rotatable bonds is 12. The number of hydrogen-bond acceptors (Lipinski definition) is 18. The molecule has 4 aliphatic heterocycles. The smallest absolute Gasteiger partial charge is 0.407 e. The number of carbonyl (C=O) groups excluding carboxylic acids is 5. The Hall–Kier alpha value is -6.85. The van der Waals surface area contributed by atoms with Gasteiger partial charge >= 0.3 is 18.0 Å². The fourth-order valence-corrected chi connectivity index (χ4v) is 13.1. The Morgan fingerprint density at radius 2 is 1.57 bits per heavy atom. The quantitative estimate of drug-likeness (QED) is 0.0343. The number of ketones is 2. The second-order valence-electron chi connectivity index (χ2n) is 24.0. The van der Waals surface area contributed by atoms with E-state index >= 15 is 0 Å². The van der Waals surface area contributed by atoms with Crippen molar-refractivity contribution in [3.8, 4) is 28.2 Å². The lowest BCUT2D eigenvalue weighted by Gasteiger charge is -2.47. The SMILES string of the molecule is CO[C@H]1C[C@@H](C)C/C(C)=C/[C@@H](CCOC(=O)NCc2c(O)ccc3c(-c4ccccc4C(=O)O)c4ccc(=O)cc-4oc23)C(=O)C[C@H](O)[C@@H](C)C(/C(C)=C/C2CC[C@@H](O)[C@H](OC)C2)OC(=O)C2CCCCN2C(=O)C(=O)[C@]2(O)O[C@H]1[C@@H](OC)C[C@H]2C. The maximum Gasteiger partial charge on any atom is 0.407 e. The molecule has 2 bridgehead atoms. The summed E-state index contributed by atoms with van der Waals surface area (Å²) >= 11 is 0. The minimum atomic E-state index is -2.62. The van der Waals surface area contributed by atoms with Crippen molar-refractivity contribution in [3.05, 3.63) is 99.2 Å². The monoisotopic (exact) mass is 1190 g/mol. The van der Waals surface area contributed by atoms with Gasteiger partial charge in [-0.05, 0) is 131 Å². The standard InChI is InChI=1S/C65H82N2O19/c1-34-25-35(2)27-54(81-7)59-55(82-8)29-37(4)65(79,86-59)60(73)61(74)67-23-12-11-15-47(67)63(77)85-57(36(3)28-39-16-20-49(70)53(30-39)80-6)38(5)50(71)32-51(72)40(26-34)22-24-83-64(78)66-33-46-48(69)21-19-45-56(42-13-9-10-14-43(42)62(75)76)44-18-17-41(68)31-52(44)84-58(45)46/h9-10,13-14,17-19,21,26,28,31,35,37-40,47,49-50,53-55,57,59,69-71,79H,11-12,15-16,20,22-25,27,29-30,32-33H2,1-8H3,(H,66,78)(H,75,76)/b34-26+,36-28+/t35-,37+,38+,39?,40+,47?,49+,50-,53+,54-,55-,57?,59+,65+/m0/s1. The summed E-state index contributed by atoms with van der Waals surface area (Å²) in [6.45, 7) is 8.14. The van der Waals surface area contributed by atoms with Gasteiger partial charge in [0.1, 0.15) is 41.1 Å². The van der Waals surface area contributed by atoms with Gasteiger partial charge in [-0.2, -0.15) is 0 Å². The average Bonchev–Trinajstić information content (AvgIpc) is 0.815. The van der Waals surface area contributed by atoms with Gasteiger partial charge in [-0.15, -0.1) is 0 Å². The zero-order valence-corrected chi connectivity index (χ0v) is 50.2. The molecule has 0 aromatic heterocycles. The molecule has 86 heavy (non-hydrogen) atoms. The van der Waals surface area contributed by atoms with Crippen LogP contribution in [-0.2, 0) is 54.1 Å². The molecule has 2 aromatic rings. The number of amides is 2. The predicted octanol–water partition coefficient (Wildman–Crippen LogP) is 7.66. The summed E-state index contributed by atoms with van der Waals surface area (Å²) in [5, 5.41) is 59.5. The molecule has 14 atom stereocenters. The molecule has 1 saturated carbocycles. The zero-order chi connectivity index (χ0) is 62.3. The van der Waals surface area contributed by atoms with Gasteiger partial charge in [0.15, 0.2) is 5.43 Å². The van der Waals surface area contributed by atoms with Gasteiger partial charge in [-0.1, -0.05) is 56.7 Å². The van der Waals surface area contributed by atoms with E-state index in [-0.39, 0.29) is 84.4 Å². The number of phenols is 1. The molecule has 2 aromatic carbocycles. The Bertz CT molecular complexity index is 3220. The lowest BCUT2D eigenvalue weighted by molar-refractivity contribution is -0.302. The number of nitrogens with zero attached hydrogens (tertiary/aromatic N) is 1. The molecule has 0 radical (unpaired) electrons. The first kappa shape index (κ1) is 65.1.